The average molecular weight is 284 g/mol. The first-order valence-electron chi connectivity index (χ1n) is 7.24. The Morgan fingerprint density at radius 1 is 1.21 bits per heavy atom. The van der Waals surface area contributed by atoms with E-state index in [4.69, 9.17) is 11.6 Å². The van der Waals surface area contributed by atoms with E-state index in [0.717, 1.165) is 18.5 Å². The lowest BCUT2D eigenvalue weighted by Crippen LogP contribution is -2.38. The van der Waals surface area contributed by atoms with Crippen molar-refractivity contribution in [2.45, 2.75) is 57.9 Å². The predicted molar refractivity (Wildman–Crippen MR) is 83.9 cm³/mol. The summed E-state index contributed by atoms with van der Waals surface area (Å²) in [7, 11) is 0. The molecular formula is C16H26ClNO. The first-order valence-corrected chi connectivity index (χ1v) is 7.62. The van der Waals surface area contributed by atoms with Crippen LogP contribution < -0.4 is 5.32 Å². The maximum atomic E-state index is 9.62. The summed E-state index contributed by atoms with van der Waals surface area (Å²) in [6, 6.07) is 7.65. The standard InChI is InChI=1S/C16H26ClNO/c1-3-4-5-6-7-11-16(2,13-19)18-15-10-8-9-14(17)12-15/h8-10,12,18-19H,3-7,11,13H2,1-2H3. The zero-order chi connectivity index (χ0) is 14.1. The third-order valence-electron chi connectivity index (χ3n) is 3.45. The Morgan fingerprint density at radius 2 is 1.95 bits per heavy atom. The van der Waals surface area contributed by atoms with Crippen LogP contribution >= 0.6 is 11.6 Å². The maximum absolute atomic E-state index is 9.62. The van der Waals surface area contributed by atoms with E-state index in [1.807, 2.05) is 24.3 Å². The minimum atomic E-state index is -0.267. The Hall–Kier alpha value is -0.730. The first kappa shape index (κ1) is 16.3. The van der Waals surface area contributed by atoms with Crippen molar-refractivity contribution in [3.8, 4) is 0 Å². The van der Waals surface area contributed by atoms with E-state index in [9.17, 15) is 5.11 Å². The third kappa shape index (κ3) is 6.31. The van der Waals surface area contributed by atoms with Gasteiger partial charge in [0.05, 0.1) is 12.1 Å². The summed E-state index contributed by atoms with van der Waals surface area (Å²) in [6.07, 6.45) is 7.20. The van der Waals surface area contributed by atoms with Crippen LogP contribution in [0.1, 0.15) is 52.4 Å². The van der Waals surface area contributed by atoms with Crippen molar-refractivity contribution < 1.29 is 5.11 Å². The highest BCUT2D eigenvalue weighted by Gasteiger charge is 2.22. The summed E-state index contributed by atoms with van der Waals surface area (Å²) in [5.74, 6) is 0. The SMILES string of the molecule is CCCCCCCC(C)(CO)Nc1cccc(Cl)c1. The number of aliphatic hydroxyl groups excluding tert-OH is 1. The van der Waals surface area contributed by atoms with Crippen molar-refractivity contribution in [2.24, 2.45) is 0 Å². The van der Waals surface area contributed by atoms with Crippen LogP contribution in [0, 0.1) is 0 Å². The maximum Gasteiger partial charge on any atom is 0.0658 e. The molecule has 0 saturated carbocycles. The molecule has 0 spiro atoms. The molecule has 108 valence electrons. The lowest BCUT2D eigenvalue weighted by molar-refractivity contribution is 0.211. The number of nitrogens with one attached hydrogen (secondary N) is 1. The molecule has 3 heteroatoms. The van der Waals surface area contributed by atoms with E-state index >= 15 is 0 Å². The molecule has 0 amide bonds. The molecule has 19 heavy (non-hydrogen) atoms. The summed E-state index contributed by atoms with van der Waals surface area (Å²) < 4.78 is 0. The fourth-order valence-corrected chi connectivity index (χ4v) is 2.40. The van der Waals surface area contributed by atoms with Crippen LogP contribution in [-0.4, -0.2) is 17.3 Å². The fourth-order valence-electron chi connectivity index (χ4n) is 2.21. The van der Waals surface area contributed by atoms with Crippen molar-refractivity contribution in [3.05, 3.63) is 29.3 Å². The van der Waals surface area contributed by atoms with Crippen LogP contribution in [0.25, 0.3) is 0 Å². The quantitative estimate of drug-likeness (QED) is 0.634. The number of aliphatic hydroxyl groups is 1. The van der Waals surface area contributed by atoms with Gasteiger partial charge in [0.1, 0.15) is 0 Å². The Labute approximate surface area is 122 Å². The van der Waals surface area contributed by atoms with Gasteiger partial charge in [-0.15, -0.1) is 0 Å². The molecule has 0 bridgehead atoms. The number of benzene rings is 1. The second-order valence-corrected chi connectivity index (χ2v) is 5.95. The van der Waals surface area contributed by atoms with Crippen LogP contribution in [0.2, 0.25) is 5.02 Å². The predicted octanol–water partition coefficient (Wildman–Crippen LogP) is 4.86. The lowest BCUT2D eigenvalue weighted by atomic mass is 9.94. The monoisotopic (exact) mass is 283 g/mol. The molecule has 0 radical (unpaired) electrons. The molecule has 0 aliphatic carbocycles. The zero-order valence-corrected chi connectivity index (χ0v) is 12.8. The van der Waals surface area contributed by atoms with Gasteiger partial charge >= 0.3 is 0 Å². The van der Waals surface area contributed by atoms with E-state index in [1.165, 1.54) is 25.7 Å². The van der Waals surface area contributed by atoms with Gasteiger partial charge in [0.2, 0.25) is 0 Å². The highest BCUT2D eigenvalue weighted by Crippen LogP contribution is 2.23. The Bertz CT molecular complexity index is 370. The average Bonchev–Trinajstić information content (AvgIpc) is 2.38. The van der Waals surface area contributed by atoms with Gasteiger partial charge in [-0.3, -0.25) is 0 Å². The molecule has 0 aliphatic heterocycles. The molecule has 0 heterocycles. The van der Waals surface area contributed by atoms with E-state index < -0.39 is 0 Å². The third-order valence-corrected chi connectivity index (χ3v) is 3.69. The van der Waals surface area contributed by atoms with Crippen molar-refractivity contribution in [2.75, 3.05) is 11.9 Å². The van der Waals surface area contributed by atoms with E-state index in [1.54, 1.807) is 0 Å². The van der Waals surface area contributed by atoms with Gasteiger partial charge in [-0.05, 0) is 31.5 Å². The summed E-state index contributed by atoms with van der Waals surface area (Å²) in [6.45, 7) is 4.42. The molecule has 1 atom stereocenters. The van der Waals surface area contributed by atoms with Gasteiger partial charge in [0, 0.05) is 10.7 Å². The van der Waals surface area contributed by atoms with Crippen LogP contribution in [0.5, 0.6) is 0 Å². The van der Waals surface area contributed by atoms with Gasteiger partial charge < -0.3 is 10.4 Å². The van der Waals surface area contributed by atoms with Gasteiger partial charge in [-0.2, -0.15) is 0 Å². The highest BCUT2D eigenvalue weighted by molar-refractivity contribution is 6.30. The van der Waals surface area contributed by atoms with Gasteiger partial charge in [0.15, 0.2) is 0 Å². The second kappa shape index (κ2) is 8.44. The Kier molecular flexibility index (Phi) is 7.25. The molecule has 0 aromatic heterocycles. The number of rotatable bonds is 9. The minimum absolute atomic E-state index is 0.132. The van der Waals surface area contributed by atoms with Crippen molar-refractivity contribution >= 4 is 17.3 Å². The Morgan fingerprint density at radius 3 is 2.58 bits per heavy atom. The van der Waals surface area contributed by atoms with Gasteiger partial charge in [-0.1, -0.05) is 56.7 Å². The first-order chi connectivity index (χ1) is 9.09. The molecule has 0 saturated heterocycles. The summed E-state index contributed by atoms with van der Waals surface area (Å²) in [5, 5.41) is 13.7. The van der Waals surface area contributed by atoms with Crippen molar-refractivity contribution in [1.82, 2.24) is 0 Å². The number of hydrogen-bond donors (Lipinski definition) is 2. The van der Waals surface area contributed by atoms with Crippen LogP contribution in [0.3, 0.4) is 0 Å². The summed E-state index contributed by atoms with van der Waals surface area (Å²) >= 11 is 5.98. The molecule has 0 fully saturated rings. The molecule has 1 aromatic carbocycles. The molecule has 0 aliphatic rings. The normalized spacial score (nSPS) is 14.1. The second-order valence-electron chi connectivity index (χ2n) is 5.52. The molecule has 2 nitrogen and oxygen atoms in total. The Balaban J connectivity index is 2.45. The molecule has 2 N–H and O–H groups in total. The van der Waals surface area contributed by atoms with Gasteiger partial charge in [-0.25, -0.2) is 0 Å². The number of anilines is 1. The molecule has 1 rings (SSSR count). The van der Waals surface area contributed by atoms with Crippen molar-refractivity contribution in [1.29, 1.82) is 0 Å². The topological polar surface area (TPSA) is 32.3 Å². The largest absolute Gasteiger partial charge is 0.394 e. The van der Waals surface area contributed by atoms with Crippen LogP contribution in [-0.2, 0) is 0 Å². The fraction of sp³-hybridized carbons (Fsp3) is 0.625. The minimum Gasteiger partial charge on any atom is -0.394 e. The molecular weight excluding hydrogens is 258 g/mol. The number of unbranched alkanes of at least 4 members (excludes halogenated alkanes) is 4. The van der Waals surface area contributed by atoms with E-state index in [0.29, 0.717) is 5.02 Å². The van der Waals surface area contributed by atoms with Crippen LogP contribution in [0.15, 0.2) is 24.3 Å². The smallest absolute Gasteiger partial charge is 0.0658 e. The number of halogens is 1. The van der Waals surface area contributed by atoms with E-state index in [2.05, 4.69) is 19.2 Å². The highest BCUT2D eigenvalue weighted by atomic mass is 35.5. The summed E-state index contributed by atoms with van der Waals surface area (Å²) in [4.78, 5) is 0. The molecule has 1 aromatic rings. The van der Waals surface area contributed by atoms with Crippen LogP contribution in [0.4, 0.5) is 5.69 Å². The van der Waals surface area contributed by atoms with Crippen molar-refractivity contribution in [3.63, 3.8) is 0 Å². The summed E-state index contributed by atoms with van der Waals surface area (Å²) in [5.41, 5.74) is 0.703. The zero-order valence-electron chi connectivity index (χ0n) is 12.1. The van der Waals surface area contributed by atoms with E-state index in [-0.39, 0.29) is 12.1 Å². The number of hydrogen-bond acceptors (Lipinski definition) is 2. The molecule has 1 unspecified atom stereocenters. The van der Waals surface area contributed by atoms with Gasteiger partial charge in [0.25, 0.3) is 0 Å². The lowest BCUT2D eigenvalue weighted by Gasteiger charge is -2.30.